The Bertz CT molecular complexity index is 368. The van der Waals surface area contributed by atoms with Gasteiger partial charge in [0.05, 0.1) is 12.1 Å². The number of aliphatic imine (C=N–C) groups is 1. The van der Waals surface area contributed by atoms with Crippen LogP contribution in [0.1, 0.15) is 52.9 Å². The molecule has 2 fully saturated rings. The van der Waals surface area contributed by atoms with Gasteiger partial charge in [-0.05, 0) is 52.1 Å². The molecule has 2 aliphatic heterocycles. The van der Waals surface area contributed by atoms with Crippen LogP contribution in [-0.2, 0) is 0 Å². The molecular formula is C17H35IN4O. The summed E-state index contributed by atoms with van der Waals surface area (Å²) in [5, 5.41) is 13.9. The van der Waals surface area contributed by atoms with Crippen molar-refractivity contribution in [3.63, 3.8) is 0 Å². The second-order valence-electron chi connectivity index (χ2n) is 6.73. The molecule has 0 aliphatic carbocycles. The van der Waals surface area contributed by atoms with Gasteiger partial charge in [-0.15, -0.1) is 24.0 Å². The Morgan fingerprint density at radius 2 is 1.83 bits per heavy atom. The molecule has 1 unspecified atom stereocenters. The number of halogens is 1. The lowest BCUT2D eigenvalue weighted by atomic mass is 9.98. The molecule has 23 heavy (non-hydrogen) atoms. The zero-order valence-corrected chi connectivity index (χ0v) is 17.4. The van der Waals surface area contributed by atoms with Crippen molar-refractivity contribution in [2.75, 3.05) is 39.3 Å². The molecule has 0 radical (unpaired) electrons. The van der Waals surface area contributed by atoms with E-state index in [2.05, 4.69) is 22.0 Å². The van der Waals surface area contributed by atoms with E-state index in [-0.39, 0.29) is 24.0 Å². The lowest BCUT2D eigenvalue weighted by Gasteiger charge is -2.27. The van der Waals surface area contributed by atoms with Crippen molar-refractivity contribution in [1.82, 2.24) is 15.1 Å². The normalized spacial score (nSPS) is 23.2. The summed E-state index contributed by atoms with van der Waals surface area (Å²) in [5.41, 5.74) is -0.658. The number of nitrogens with zero attached hydrogens (tertiary/aromatic N) is 3. The predicted octanol–water partition coefficient (Wildman–Crippen LogP) is 2.29. The molecule has 0 spiro atoms. The number of nitrogens with one attached hydrogen (secondary N) is 1. The molecule has 2 aliphatic rings. The van der Waals surface area contributed by atoms with E-state index in [1.807, 2.05) is 13.8 Å². The Morgan fingerprint density at radius 3 is 2.39 bits per heavy atom. The third-order valence-electron chi connectivity index (χ3n) is 5.29. The number of guanidine groups is 1. The molecule has 0 bridgehead atoms. The van der Waals surface area contributed by atoms with E-state index in [9.17, 15) is 5.11 Å². The number of aliphatic hydroxyl groups is 1. The summed E-state index contributed by atoms with van der Waals surface area (Å²) in [6.45, 7) is 12.2. The zero-order valence-electron chi connectivity index (χ0n) is 15.1. The third kappa shape index (κ3) is 5.74. The van der Waals surface area contributed by atoms with Crippen molar-refractivity contribution in [3.05, 3.63) is 0 Å². The molecule has 0 aromatic rings. The van der Waals surface area contributed by atoms with Gasteiger partial charge in [0.15, 0.2) is 5.96 Å². The molecule has 0 aromatic heterocycles. The largest absolute Gasteiger partial charge is 0.388 e. The lowest BCUT2D eigenvalue weighted by Crippen LogP contribution is -2.43. The minimum absolute atomic E-state index is 0. The molecule has 0 saturated carbocycles. The van der Waals surface area contributed by atoms with Crippen molar-refractivity contribution in [3.8, 4) is 0 Å². The van der Waals surface area contributed by atoms with Gasteiger partial charge in [0.1, 0.15) is 0 Å². The summed E-state index contributed by atoms with van der Waals surface area (Å²) in [5.74, 6) is 0.976. The second-order valence-corrected chi connectivity index (χ2v) is 6.73. The fraction of sp³-hybridized carbons (Fsp3) is 0.941. The molecule has 136 valence electrons. The van der Waals surface area contributed by atoms with Crippen LogP contribution in [0.5, 0.6) is 0 Å². The predicted molar refractivity (Wildman–Crippen MR) is 108 cm³/mol. The van der Waals surface area contributed by atoms with Gasteiger partial charge in [0.2, 0.25) is 0 Å². The van der Waals surface area contributed by atoms with E-state index in [1.54, 1.807) is 0 Å². The Labute approximate surface area is 158 Å². The van der Waals surface area contributed by atoms with Gasteiger partial charge in [0, 0.05) is 25.7 Å². The van der Waals surface area contributed by atoms with Crippen LogP contribution in [0.25, 0.3) is 0 Å². The minimum atomic E-state index is -0.658. The Morgan fingerprint density at radius 1 is 1.17 bits per heavy atom. The standard InChI is InChI=1S/C17H34N4O.HI/c1-4-17(22,5-2)14-19-16(18-6-3)21-12-9-15(13-21)20-10-7-8-11-20;/h15,22H,4-14H2,1-3H3,(H,18,19);1H. The molecular weight excluding hydrogens is 403 g/mol. The number of rotatable bonds is 6. The van der Waals surface area contributed by atoms with Crippen LogP contribution in [0.15, 0.2) is 4.99 Å². The molecule has 2 saturated heterocycles. The van der Waals surface area contributed by atoms with Gasteiger partial charge in [-0.3, -0.25) is 9.89 Å². The number of hydrogen-bond donors (Lipinski definition) is 2. The van der Waals surface area contributed by atoms with Crippen molar-refractivity contribution < 1.29 is 5.11 Å². The summed E-state index contributed by atoms with van der Waals surface area (Å²) in [6.07, 6.45) is 5.44. The molecule has 2 rings (SSSR count). The van der Waals surface area contributed by atoms with Gasteiger partial charge < -0.3 is 15.3 Å². The Hall–Kier alpha value is -0.0800. The monoisotopic (exact) mass is 438 g/mol. The molecule has 1 atom stereocenters. The van der Waals surface area contributed by atoms with Crippen LogP contribution in [0.2, 0.25) is 0 Å². The SMILES string of the molecule is CCNC(=NCC(O)(CC)CC)N1CCC(N2CCCC2)C1.I. The first-order valence-corrected chi connectivity index (χ1v) is 9.11. The maximum absolute atomic E-state index is 10.5. The molecule has 2 N–H and O–H groups in total. The minimum Gasteiger partial charge on any atom is -0.388 e. The second kappa shape index (κ2) is 10.0. The summed E-state index contributed by atoms with van der Waals surface area (Å²) in [7, 11) is 0. The Kier molecular flexibility index (Phi) is 9.15. The maximum Gasteiger partial charge on any atom is 0.194 e. The van der Waals surface area contributed by atoms with Crippen molar-refractivity contribution in [2.24, 2.45) is 4.99 Å². The highest BCUT2D eigenvalue weighted by Crippen LogP contribution is 2.21. The first-order valence-electron chi connectivity index (χ1n) is 9.11. The molecule has 0 amide bonds. The fourth-order valence-corrected chi connectivity index (χ4v) is 3.46. The third-order valence-corrected chi connectivity index (χ3v) is 5.29. The van der Waals surface area contributed by atoms with Gasteiger partial charge in [0.25, 0.3) is 0 Å². The van der Waals surface area contributed by atoms with E-state index in [0.717, 1.165) is 38.4 Å². The zero-order chi connectivity index (χ0) is 16.0. The van der Waals surface area contributed by atoms with Crippen molar-refractivity contribution in [1.29, 1.82) is 0 Å². The fourth-order valence-electron chi connectivity index (χ4n) is 3.46. The quantitative estimate of drug-likeness (QED) is 0.380. The summed E-state index contributed by atoms with van der Waals surface area (Å²) in [4.78, 5) is 9.74. The number of likely N-dealkylation sites (tertiary alicyclic amines) is 2. The molecule has 2 heterocycles. The average Bonchev–Trinajstić information content (AvgIpc) is 3.21. The van der Waals surface area contributed by atoms with E-state index in [0.29, 0.717) is 12.6 Å². The van der Waals surface area contributed by atoms with Crippen LogP contribution >= 0.6 is 24.0 Å². The molecule has 5 nitrogen and oxygen atoms in total. The van der Waals surface area contributed by atoms with Crippen LogP contribution < -0.4 is 5.32 Å². The number of hydrogen-bond acceptors (Lipinski definition) is 3. The highest BCUT2D eigenvalue weighted by Gasteiger charge is 2.31. The van der Waals surface area contributed by atoms with E-state index >= 15 is 0 Å². The molecule has 0 aromatic carbocycles. The van der Waals surface area contributed by atoms with Gasteiger partial charge in [-0.2, -0.15) is 0 Å². The highest BCUT2D eigenvalue weighted by molar-refractivity contribution is 14.0. The Balaban J connectivity index is 0.00000264. The van der Waals surface area contributed by atoms with Crippen LogP contribution in [0.4, 0.5) is 0 Å². The maximum atomic E-state index is 10.5. The van der Waals surface area contributed by atoms with Gasteiger partial charge >= 0.3 is 0 Å². The van der Waals surface area contributed by atoms with Crippen LogP contribution in [-0.4, -0.2) is 71.8 Å². The topological polar surface area (TPSA) is 51.1 Å². The smallest absolute Gasteiger partial charge is 0.194 e. The first kappa shape index (κ1) is 21.0. The van der Waals surface area contributed by atoms with Crippen molar-refractivity contribution >= 4 is 29.9 Å². The first-order chi connectivity index (χ1) is 10.6. The van der Waals surface area contributed by atoms with E-state index in [1.165, 1.54) is 32.4 Å². The summed E-state index contributed by atoms with van der Waals surface area (Å²) < 4.78 is 0. The molecule has 6 heteroatoms. The van der Waals surface area contributed by atoms with E-state index in [4.69, 9.17) is 4.99 Å². The lowest BCUT2D eigenvalue weighted by molar-refractivity contribution is 0.0416. The van der Waals surface area contributed by atoms with Gasteiger partial charge in [-0.1, -0.05) is 13.8 Å². The summed E-state index contributed by atoms with van der Waals surface area (Å²) >= 11 is 0. The average molecular weight is 438 g/mol. The van der Waals surface area contributed by atoms with Crippen LogP contribution in [0, 0.1) is 0 Å². The van der Waals surface area contributed by atoms with Crippen LogP contribution in [0.3, 0.4) is 0 Å². The summed E-state index contributed by atoms with van der Waals surface area (Å²) in [6, 6.07) is 0.683. The van der Waals surface area contributed by atoms with Gasteiger partial charge in [-0.25, -0.2) is 0 Å². The van der Waals surface area contributed by atoms with Crippen molar-refractivity contribution in [2.45, 2.75) is 64.5 Å². The highest BCUT2D eigenvalue weighted by atomic mass is 127. The van der Waals surface area contributed by atoms with E-state index < -0.39 is 5.60 Å².